The van der Waals surface area contributed by atoms with E-state index in [1.54, 1.807) is 11.3 Å². The molecule has 0 saturated carbocycles. The molecule has 1 aromatic heterocycles. The van der Waals surface area contributed by atoms with E-state index in [0.717, 1.165) is 42.3 Å². The molecule has 1 amide bonds. The third kappa shape index (κ3) is 5.11. The summed E-state index contributed by atoms with van der Waals surface area (Å²) in [5.74, 6) is 0.0639. The van der Waals surface area contributed by atoms with Gasteiger partial charge in [-0.25, -0.2) is 4.98 Å². The molecule has 2 heterocycles. The average molecular weight is 406 g/mol. The van der Waals surface area contributed by atoms with Crippen LogP contribution in [0.1, 0.15) is 28.8 Å². The van der Waals surface area contributed by atoms with Crippen LogP contribution in [0.5, 0.6) is 0 Å². The Balaban J connectivity index is 1.30. The van der Waals surface area contributed by atoms with Crippen molar-refractivity contribution >= 4 is 17.2 Å². The van der Waals surface area contributed by atoms with Crippen molar-refractivity contribution in [2.45, 2.75) is 39.3 Å². The molecule has 1 fully saturated rings. The van der Waals surface area contributed by atoms with Crippen LogP contribution in [-0.2, 0) is 17.8 Å². The first-order valence-electron chi connectivity index (χ1n) is 10.1. The molecule has 150 valence electrons. The molecule has 5 heteroatoms. The normalized spacial score (nSPS) is 16.8. The fraction of sp³-hybridized carbons (Fsp3) is 0.333. The molecule has 1 N–H and O–H groups in total. The molecule has 1 aliphatic rings. The molecule has 1 saturated heterocycles. The molecule has 1 aliphatic heterocycles. The van der Waals surface area contributed by atoms with Crippen LogP contribution in [0.15, 0.2) is 53.9 Å². The van der Waals surface area contributed by atoms with Crippen LogP contribution in [0.3, 0.4) is 0 Å². The summed E-state index contributed by atoms with van der Waals surface area (Å²) in [5.41, 5.74) is 5.79. The minimum Gasteiger partial charge on any atom is -0.352 e. The smallest absolute Gasteiger partial charge is 0.226 e. The maximum absolute atomic E-state index is 12.5. The van der Waals surface area contributed by atoms with Crippen molar-refractivity contribution in [3.63, 3.8) is 0 Å². The summed E-state index contributed by atoms with van der Waals surface area (Å²) in [7, 11) is 0. The van der Waals surface area contributed by atoms with E-state index < -0.39 is 0 Å². The number of nitrogens with one attached hydrogen (secondary N) is 1. The zero-order valence-electron chi connectivity index (χ0n) is 17.0. The highest BCUT2D eigenvalue weighted by atomic mass is 32.1. The maximum Gasteiger partial charge on any atom is 0.226 e. The summed E-state index contributed by atoms with van der Waals surface area (Å²) >= 11 is 1.61. The second-order valence-electron chi connectivity index (χ2n) is 7.91. The highest BCUT2D eigenvalue weighted by Gasteiger charge is 2.24. The van der Waals surface area contributed by atoms with Gasteiger partial charge in [-0.1, -0.05) is 54.1 Å². The van der Waals surface area contributed by atoms with Crippen molar-refractivity contribution in [2.24, 2.45) is 0 Å². The Labute approximate surface area is 176 Å². The van der Waals surface area contributed by atoms with Crippen molar-refractivity contribution < 1.29 is 4.79 Å². The van der Waals surface area contributed by atoms with Crippen molar-refractivity contribution in [1.82, 2.24) is 15.2 Å². The summed E-state index contributed by atoms with van der Waals surface area (Å²) in [4.78, 5) is 19.6. The van der Waals surface area contributed by atoms with E-state index in [2.05, 4.69) is 66.5 Å². The number of rotatable bonds is 6. The van der Waals surface area contributed by atoms with E-state index >= 15 is 0 Å². The van der Waals surface area contributed by atoms with Crippen molar-refractivity contribution in [1.29, 1.82) is 0 Å². The van der Waals surface area contributed by atoms with Gasteiger partial charge in [-0.15, -0.1) is 11.3 Å². The van der Waals surface area contributed by atoms with Crippen molar-refractivity contribution in [3.8, 4) is 10.6 Å². The predicted molar refractivity (Wildman–Crippen MR) is 119 cm³/mol. The standard InChI is InChI=1S/C24H27N3OS/c1-17-8-9-22(18(2)12-17)24-26-21(16-29-24)13-23(28)25-20-10-11-27(15-20)14-19-6-4-3-5-7-19/h3-9,12,16,20H,10-11,13-15H2,1-2H3,(H,25,28)/t20-/m0/s1. The molecule has 0 bridgehead atoms. The molecule has 0 aliphatic carbocycles. The van der Waals surface area contributed by atoms with E-state index in [1.807, 2.05) is 11.4 Å². The lowest BCUT2D eigenvalue weighted by molar-refractivity contribution is -0.121. The number of carbonyl (C=O) groups is 1. The molecule has 1 atom stereocenters. The number of hydrogen-bond donors (Lipinski definition) is 1. The first kappa shape index (κ1) is 19.8. The Morgan fingerprint density at radius 3 is 2.83 bits per heavy atom. The van der Waals surface area contributed by atoms with Crippen LogP contribution >= 0.6 is 11.3 Å². The minimum atomic E-state index is 0.0639. The Hall–Kier alpha value is -2.50. The van der Waals surface area contributed by atoms with Gasteiger partial charge in [0.05, 0.1) is 12.1 Å². The maximum atomic E-state index is 12.5. The average Bonchev–Trinajstić information content (AvgIpc) is 3.32. The zero-order chi connectivity index (χ0) is 20.2. The van der Waals surface area contributed by atoms with Crippen LogP contribution in [0.2, 0.25) is 0 Å². The quantitative estimate of drug-likeness (QED) is 0.663. The fourth-order valence-electron chi connectivity index (χ4n) is 3.94. The van der Waals surface area contributed by atoms with Crippen LogP contribution in [0, 0.1) is 13.8 Å². The lowest BCUT2D eigenvalue weighted by Gasteiger charge is -2.16. The van der Waals surface area contributed by atoms with Gasteiger partial charge in [0, 0.05) is 36.6 Å². The molecule has 0 unspecified atom stereocenters. The van der Waals surface area contributed by atoms with Gasteiger partial charge < -0.3 is 5.32 Å². The SMILES string of the molecule is Cc1ccc(-c2nc(CC(=O)N[C@H]3CCN(Cc4ccccc4)C3)cs2)c(C)c1. The van der Waals surface area contributed by atoms with Gasteiger partial charge in [0.15, 0.2) is 0 Å². The van der Waals surface area contributed by atoms with Crippen molar-refractivity contribution in [2.75, 3.05) is 13.1 Å². The van der Waals surface area contributed by atoms with Gasteiger partial charge in [-0.3, -0.25) is 9.69 Å². The van der Waals surface area contributed by atoms with Crippen LogP contribution in [0.4, 0.5) is 0 Å². The van der Waals surface area contributed by atoms with E-state index in [4.69, 9.17) is 4.98 Å². The second kappa shape index (κ2) is 8.89. The van der Waals surface area contributed by atoms with Crippen LogP contribution in [0.25, 0.3) is 10.6 Å². The molecule has 0 spiro atoms. The summed E-state index contributed by atoms with van der Waals surface area (Å²) < 4.78 is 0. The third-order valence-electron chi connectivity index (χ3n) is 5.39. The Kier molecular flexibility index (Phi) is 6.07. The monoisotopic (exact) mass is 405 g/mol. The lowest BCUT2D eigenvalue weighted by Crippen LogP contribution is -2.37. The number of aromatic nitrogens is 1. The van der Waals surface area contributed by atoms with Crippen LogP contribution in [-0.4, -0.2) is 34.9 Å². The highest BCUT2D eigenvalue weighted by molar-refractivity contribution is 7.13. The first-order chi connectivity index (χ1) is 14.1. The first-order valence-corrected chi connectivity index (χ1v) is 11.0. The largest absolute Gasteiger partial charge is 0.352 e. The second-order valence-corrected chi connectivity index (χ2v) is 8.77. The molecule has 4 rings (SSSR count). The number of thiazole rings is 1. The number of benzene rings is 2. The molecule has 4 nitrogen and oxygen atoms in total. The number of likely N-dealkylation sites (tertiary alicyclic amines) is 1. The highest BCUT2D eigenvalue weighted by Crippen LogP contribution is 2.27. The number of carbonyl (C=O) groups excluding carboxylic acids is 1. The van der Waals surface area contributed by atoms with Crippen LogP contribution < -0.4 is 5.32 Å². The lowest BCUT2D eigenvalue weighted by atomic mass is 10.1. The number of hydrogen-bond acceptors (Lipinski definition) is 4. The molecule has 29 heavy (non-hydrogen) atoms. The van der Waals surface area contributed by atoms with E-state index in [9.17, 15) is 4.79 Å². The predicted octanol–water partition coefficient (Wildman–Crippen LogP) is 4.36. The molecule has 2 aromatic carbocycles. The number of nitrogens with zero attached hydrogens (tertiary/aromatic N) is 2. The molecule has 3 aromatic rings. The fourth-order valence-corrected chi connectivity index (χ4v) is 4.85. The van der Waals surface area contributed by atoms with Gasteiger partial charge in [0.25, 0.3) is 0 Å². The van der Waals surface area contributed by atoms with Gasteiger partial charge in [-0.05, 0) is 31.4 Å². The Morgan fingerprint density at radius 1 is 1.21 bits per heavy atom. The van der Waals surface area contributed by atoms with E-state index in [1.165, 1.54) is 16.7 Å². The Morgan fingerprint density at radius 2 is 2.03 bits per heavy atom. The van der Waals surface area contributed by atoms with Gasteiger partial charge in [-0.2, -0.15) is 0 Å². The van der Waals surface area contributed by atoms with E-state index in [-0.39, 0.29) is 11.9 Å². The van der Waals surface area contributed by atoms with Gasteiger partial charge >= 0.3 is 0 Å². The summed E-state index contributed by atoms with van der Waals surface area (Å²) in [6.45, 7) is 7.08. The molecule has 0 radical (unpaired) electrons. The third-order valence-corrected chi connectivity index (χ3v) is 6.32. The summed E-state index contributed by atoms with van der Waals surface area (Å²) in [6.07, 6.45) is 1.35. The topological polar surface area (TPSA) is 45.2 Å². The zero-order valence-corrected chi connectivity index (χ0v) is 17.8. The summed E-state index contributed by atoms with van der Waals surface area (Å²) in [6, 6.07) is 17.1. The number of amides is 1. The van der Waals surface area contributed by atoms with Gasteiger partial charge in [0.2, 0.25) is 5.91 Å². The number of aryl methyl sites for hydroxylation is 2. The van der Waals surface area contributed by atoms with E-state index in [0.29, 0.717) is 6.42 Å². The molecular formula is C24H27N3OS. The van der Waals surface area contributed by atoms with Gasteiger partial charge in [0.1, 0.15) is 5.01 Å². The summed E-state index contributed by atoms with van der Waals surface area (Å²) in [5, 5.41) is 6.19. The molecular weight excluding hydrogens is 378 g/mol. The minimum absolute atomic E-state index is 0.0639. The Bertz CT molecular complexity index is 983. The van der Waals surface area contributed by atoms with Crippen molar-refractivity contribution in [3.05, 3.63) is 76.3 Å².